The van der Waals surface area contributed by atoms with Crippen molar-refractivity contribution in [1.29, 1.82) is 0 Å². The molecule has 134 valence electrons. The Hall–Kier alpha value is -2.68. The first-order chi connectivity index (χ1) is 12.0. The van der Waals surface area contributed by atoms with Crippen LogP contribution in [-0.4, -0.2) is 31.6 Å². The Morgan fingerprint density at radius 2 is 1.92 bits per heavy atom. The average Bonchev–Trinajstić information content (AvgIpc) is 3.07. The highest BCUT2D eigenvalue weighted by atomic mass is 32.1. The monoisotopic (exact) mass is 369 g/mol. The van der Waals surface area contributed by atoms with Crippen molar-refractivity contribution in [2.75, 3.05) is 18.4 Å². The summed E-state index contributed by atoms with van der Waals surface area (Å²) in [5.74, 6) is -0.489. The first-order valence-corrected chi connectivity index (χ1v) is 8.29. The molecule has 2 aromatic rings. The van der Waals surface area contributed by atoms with E-state index < -0.39 is 18.5 Å². The Labute approximate surface area is 147 Å². The third-order valence-electron chi connectivity index (χ3n) is 3.02. The predicted molar refractivity (Wildman–Crippen MR) is 91.1 cm³/mol. The molecule has 3 amide bonds. The summed E-state index contributed by atoms with van der Waals surface area (Å²) in [6.07, 6.45) is 0.699. The summed E-state index contributed by atoms with van der Waals surface area (Å²) < 4.78 is 28.3. The summed E-state index contributed by atoms with van der Waals surface area (Å²) in [5.41, 5.74) is 0.537. The molecule has 0 spiro atoms. The van der Waals surface area contributed by atoms with Gasteiger partial charge in [-0.15, -0.1) is 11.3 Å². The van der Waals surface area contributed by atoms with Crippen molar-refractivity contribution in [3.63, 3.8) is 0 Å². The van der Waals surface area contributed by atoms with E-state index in [4.69, 9.17) is 0 Å². The van der Waals surface area contributed by atoms with Gasteiger partial charge in [0.15, 0.2) is 0 Å². The highest BCUT2D eigenvalue weighted by Gasteiger charge is 2.08. The molecule has 1 aromatic carbocycles. The number of imide groups is 1. The minimum Gasteiger partial charge on any atom is -0.435 e. The molecule has 0 fully saturated rings. The maximum absolute atomic E-state index is 12.0. The number of thiophene rings is 1. The maximum Gasteiger partial charge on any atom is 0.387 e. The summed E-state index contributed by atoms with van der Waals surface area (Å²) >= 11 is 1.60. The summed E-state index contributed by atoms with van der Waals surface area (Å²) in [7, 11) is 0. The zero-order valence-electron chi connectivity index (χ0n) is 13.1. The Morgan fingerprint density at radius 1 is 1.16 bits per heavy atom. The van der Waals surface area contributed by atoms with E-state index in [9.17, 15) is 18.4 Å². The van der Waals surface area contributed by atoms with Crippen molar-refractivity contribution in [2.24, 2.45) is 0 Å². The first-order valence-electron chi connectivity index (χ1n) is 7.42. The largest absolute Gasteiger partial charge is 0.435 e. The quantitative estimate of drug-likeness (QED) is 0.669. The van der Waals surface area contributed by atoms with E-state index >= 15 is 0 Å². The van der Waals surface area contributed by atoms with Gasteiger partial charge in [-0.05, 0) is 42.1 Å². The van der Waals surface area contributed by atoms with Gasteiger partial charge >= 0.3 is 12.6 Å². The SMILES string of the molecule is O=C(CNc1ccc(OC(F)F)cc1)NC(=O)NCCc1cccs1. The molecule has 0 radical (unpaired) electrons. The molecule has 6 nitrogen and oxygen atoms in total. The molecule has 0 saturated carbocycles. The Morgan fingerprint density at radius 3 is 2.56 bits per heavy atom. The van der Waals surface area contributed by atoms with Crippen molar-refractivity contribution >= 4 is 29.0 Å². The number of amides is 3. The second-order valence-electron chi connectivity index (χ2n) is 4.89. The van der Waals surface area contributed by atoms with Gasteiger partial charge in [0.25, 0.3) is 0 Å². The fraction of sp³-hybridized carbons (Fsp3) is 0.250. The van der Waals surface area contributed by atoms with Gasteiger partial charge in [0.1, 0.15) is 5.75 Å². The predicted octanol–water partition coefficient (Wildman–Crippen LogP) is 2.83. The van der Waals surface area contributed by atoms with Gasteiger partial charge in [0.2, 0.25) is 5.91 Å². The molecule has 25 heavy (non-hydrogen) atoms. The molecule has 2 rings (SSSR count). The maximum atomic E-state index is 12.0. The van der Waals surface area contributed by atoms with Gasteiger partial charge in [-0.3, -0.25) is 10.1 Å². The molecule has 9 heteroatoms. The minimum atomic E-state index is -2.89. The number of carbonyl (C=O) groups is 2. The number of carbonyl (C=O) groups excluding carboxylic acids is 2. The van der Waals surface area contributed by atoms with E-state index in [1.165, 1.54) is 24.3 Å². The molecule has 3 N–H and O–H groups in total. The van der Waals surface area contributed by atoms with Crippen molar-refractivity contribution in [3.8, 4) is 5.75 Å². The lowest BCUT2D eigenvalue weighted by molar-refractivity contribution is -0.118. The van der Waals surface area contributed by atoms with Gasteiger partial charge < -0.3 is 15.4 Å². The molecular weight excluding hydrogens is 352 g/mol. The van der Waals surface area contributed by atoms with Crippen molar-refractivity contribution in [2.45, 2.75) is 13.0 Å². The number of ether oxygens (including phenoxy) is 1. The fourth-order valence-electron chi connectivity index (χ4n) is 1.91. The fourth-order valence-corrected chi connectivity index (χ4v) is 2.61. The van der Waals surface area contributed by atoms with Crippen LogP contribution in [0.1, 0.15) is 4.88 Å². The third kappa shape index (κ3) is 7.17. The van der Waals surface area contributed by atoms with Gasteiger partial charge in [0, 0.05) is 17.1 Å². The van der Waals surface area contributed by atoms with Crippen LogP contribution in [0, 0.1) is 0 Å². The van der Waals surface area contributed by atoms with Gasteiger partial charge in [0.05, 0.1) is 6.54 Å². The van der Waals surface area contributed by atoms with E-state index in [0.29, 0.717) is 18.7 Å². The average molecular weight is 369 g/mol. The lowest BCUT2D eigenvalue weighted by atomic mass is 10.3. The zero-order valence-corrected chi connectivity index (χ0v) is 13.9. The van der Waals surface area contributed by atoms with Gasteiger partial charge in [-0.1, -0.05) is 6.07 Å². The third-order valence-corrected chi connectivity index (χ3v) is 3.96. The number of nitrogens with one attached hydrogen (secondary N) is 3. The normalized spacial score (nSPS) is 10.4. The molecule has 0 aliphatic carbocycles. The summed E-state index contributed by atoms with van der Waals surface area (Å²) in [5, 5.41) is 9.52. The lowest BCUT2D eigenvalue weighted by Gasteiger charge is -2.09. The van der Waals surface area contributed by atoms with Crippen LogP contribution in [0.3, 0.4) is 0 Å². The van der Waals surface area contributed by atoms with E-state index in [2.05, 4.69) is 20.7 Å². The highest BCUT2D eigenvalue weighted by Crippen LogP contribution is 2.17. The Bertz CT molecular complexity index is 678. The van der Waals surface area contributed by atoms with Crippen LogP contribution in [0.15, 0.2) is 41.8 Å². The summed E-state index contributed by atoms with van der Waals surface area (Å²) in [6.45, 7) is -2.59. The first kappa shape index (κ1) is 18.7. The summed E-state index contributed by atoms with van der Waals surface area (Å²) in [6, 6.07) is 9.02. The highest BCUT2D eigenvalue weighted by molar-refractivity contribution is 7.09. The topological polar surface area (TPSA) is 79.5 Å². The van der Waals surface area contributed by atoms with Crippen molar-refractivity contribution < 1.29 is 23.1 Å². The molecule has 0 atom stereocenters. The van der Waals surface area contributed by atoms with E-state index in [0.717, 1.165) is 4.88 Å². The number of rotatable bonds is 8. The van der Waals surface area contributed by atoms with E-state index in [1.54, 1.807) is 11.3 Å². The van der Waals surface area contributed by atoms with Crippen molar-refractivity contribution in [3.05, 3.63) is 46.7 Å². The van der Waals surface area contributed by atoms with Gasteiger partial charge in [-0.2, -0.15) is 8.78 Å². The number of urea groups is 1. The van der Waals surface area contributed by atoms with E-state index in [-0.39, 0.29) is 12.3 Å². The lowest BCUT2D eigenvalue weighted by Crippen LogP contribution is -2.42. The molecule has 0 saturated heterocycles. The van der Waals surface area contributed by atoms with Crippen LogP contribution >= 0.6 is 11.3 Å². The molecule has 1 heterocycles. The molecule has 0 unspecified atom stereocenters. The molecule has 0 bridgehead atoms. The van der Waals surface area contributed by atoms with Crippen LogP contribution in [0.2, 0.25) is 0 Å². The Balaban J connectivity index is 1.64. The van der Waals surface area contributed by atoms with Crippen LogP contribution in [0.25, 0.3) is 0 Å². The second kappa shape index (κ2) is 9.58. The standard InChI is InChI=1S/C16H17F2N3O3S/c17-15(18)24-12-5-3-11(4-6-12)20-10-14(22)21-16(23)19-8-7-13-2-1-9-25-13/h1-6,9,15,20H,7-8,10H2,(H2,19,21,22,23). The molecule has 0 aliphatic rings. The number of benzene rings is 1. The molecule has 0 aliphatic heterocycles. The Kier molecular flexibility index (Phi) is 7.15. The number of anilines is 1. The number of halogens is 2. The summed E-state index contributed by atoms with van der Waals surface area (Å²) in [4.78, 5) is 24.4. The number of hydrogen-bond donors (Lipinski definition) is 3. The van der Waals surface area contributed by atoms with Crippen LogP contribution in [-0.2, 0) is 11.2 Å². The van der Waals surface area contributed by atoms with Gasteiger partial charge in [-0.25, -0.2) is 4.79 Å². The second-order valence-corrected chi connectivity index (χ2v) is 5.92. The zero-order chi connectivity index (χ0) is 18.1. The molecule has 1 aromatic heterocycles. The van der Waals surface area contributed by atoms with E-state index in [1.807, 2.05) is 17.5 Å². The minimum absolute atomic E-state index is 0.0233. The van der Waals surface area contributed by atoms with Crippen molar-refractivity contribution in [1.82, 2.24) is 10.6 Å². The van der Waals surface area contributed by atoms with Crippen LogP contribution in [0.5, 0.6) is 5.75 Å². The number of hydrogen-bond acceptors (Lipinski definition) is 5. The smallest absolute Gasteiger partial charge is 0.387 e. The molecular formula is C16H17F2N3O3S. The van der Waals surface area contributed by atoms with Crippen LogP contribution < -0.4 is 20.7 Å². The van der Waals surface area contributed by atoms with Crippen LogP contribution in [0.4, 0.5) is 19.3 Å². The number of alkyl halides is 2.